The minimum absolute atomic E-state index is 0.198. The number of aromatic nitrogens is 6. The number of amides is 1. The van der Waals surface area contributed by atoms with E-state index in [1.807, 2.05) is 18.2 Å². The summed E-state index contributed by atoms with van der Waals surface area (Å²) in [6, 6.07) is 9.55. The van der Waals surface area contributed by atoms with Crippen molar-refractivity contribution in [3.8, 4) is 11.6 Å². The van der Waals surface area contributed by atoms with Crippen molar-refractivity contribution in [3.63, 3.8) is 0 Å². The van der Waals surface area contributed by atoms with Crippen LogP contribution in [0.2, 0.25) is 0 Å². The standard InChI is InChI=1S/C25H20FN7O2/c26-15-4-3-10-33-19(15)12-18(31-33)22-21-16(28-13-29-21)8-11-32(22)25(34)23-20(14-6-7-14)30-24(35-23)17-5-1-2-9-27-17/h1-5,9-10,12-14,22H,6-8,11H2,(H,28,29). The van der Waals surface area contributed by atoms with Gasteiger partial charge in [0.25, 0.3) is 5.91 Å². The first kappa shape index (κ1) is 20.1. The van der Waals surface area contributed by atoms with Gasteiger partial charge in [-0.1, -0.05) is 6.07 Å². The Balaban J connectivity index is 1.34. The smallest absolute Gasteiger partial charge is 0.292 e. The molecule has 1 amide bonds. The average Bonchev–Trinajstić information content (AvgIpc) is 3.28. The van der Waals surface area contributed by atoms with Crippen LogP contribution in [0.15, 0.2) is 59.5 Å². The minimum atomic E-state index is -0.591. The summed E-state index contributed by atoms with van der Waals surface area (Å²) < 4.78 is 22.0. The van der Waals surface area contributed by atoms with Crippen LogP contribution < -0.4 is 0 Å². The first-order valence-corrected chi connectivity index (χ1v) is 11.6. The van der Waals surface area contributed by atoms with Crippen LogP contribution in [0.4, 0.5) is 4.39 Å². The van der Waals surface area contributed by atoms with E-state index in [1.165, 1.54) is 10.6 Å². The first-order valence-electron chi connectivity index (χ1n) is 11.6. The second-order valence-corrected chi connectivity index (χ2v) is 8.90. The van der Waals surface area contributed by atoms with Crippen molar-refractivity contribution in [2.24, 2.45) is 0 Å². The van der Waals surface area contributed by atoms with Gasteiger partial charge in [0.2, 0.25) is 11.7 Å². The van der Waals surface area contributed by atoms with E-state index in [2.05, 4.69) is 25.0 Å². The van der Waals surface area contributed by atoms with E-state index in [1.54, 1.807) is 35.8 Å². The Hall–Kier alpha value is -4.34. The fourth-order valence-corrected chi connectivity index (χ4v) is 4.78. The van der Waals surface area contributed by atoms with Gasteiger partial charge in [-0.2, -0.15) is 5.10 Å². The molecule has 1 unspecified atom stereocenters. The second kappa shape index (κ2) is 7.59. The second-order valence-electron chi connectivity index (χ2n) is 8.90. The number of rotatable bonds is 4. The molecule has 0 aromatic carbocycles. The number of carbonyl (C=O) groups excluding carboxylic acids is 1. The van der Waals surface area contributed by atoms with Crippen molar-refractivity contribution in [1.29, 1.82) is 0 Å². The molecule has 35 heavy (non-hydrogen) atoms. The fraction of sp³-hybridized carbons (Fsp3) is 0.240. The number of nitrogens with one attached hydrogen (secondary N) is 1. The Morgan fingerprint density at radius 2 is 2.06 bits per heavy atom. The van der Waals surface area contributed by atoms with Gasteiger partial charge in [0, 0.05) is 37.0 Å². The number of aromatic amines is 1. The molecule has 5 aromatic rings. The number of H-pyrrole nitrogens is 1. The molecule has 0 radical (unpaired) electrons. The Labute approximate surface area is 198 Å². The molecule has 10 heteroatoms. The summed E-state index contributed by atoms with van der Waals surface area (Å²) in [5, 5.41) is 4.60. The first-order chi connectivity index (χ1) is 17.2. The fourth-order valence-electron chi connectivity index (χ4n) is 4.78. The van der Waals surface area contributed by atoms with Crippen LogP contribution >= 0.6 is 0 Å². The third-order valence-corrected chi connectivity index (χ3v) is 6.63. The van der Waals surface area contributed by atoms with Gasteiger partial charge in [-0.15, -0.1) is 0 Å². The minimum Gasteiger partial charge on any atom is -0.429 e. The highest BCUT2D eigenvalue weighted by molar-refractivity contribution is 5.94. The molecule has 0 spiro atoms. The molecule has 0 bridgehead atoms. The van der Waals surface area contributed by atoms with Crippen LogP contribution in [-0.2, 0) is 6.42 Å². The van der Waals surface area contributed by atoms with Crippen LogP contribution in [0.1, 0.15) is 58.1 Å². The van der Waals surface area contributed by atoms with Gasteiger partial charge >= 0.3 is 0 Å². The molecule has 1 aliphatic carbocycles. The highest BCUT2D eigenvalue weighted by Gasteiger charge is 2.41. The number of nitrogens with zero attached hydrogens (tertiary/aromatic N) is 6. The zero-order valence-corrected chi connectivity index (χ0v) is 18.6. The zero-order chi connectivity index (χ0) is 23.5. The van der Waals surface area contributed by atoms with Crippen LogP contribution in [0.25, 0.3) is 17.1 Å². The number of hydrogen-bond donors (Lipinski definition) is 1. The van der Waals surface area contributed by atoms with Crippen molar-refractivity contribution >= 4 is 11.4 Å². The number of halogens is 1. The third-order valence-electron chi connectivity index (χ3n) is 6.63. The summed E-state index contributed by atoms with van der Waals surface area (Å²) in [7, 11) is 0. The number of hydrogen-bond acceptors (Lipinski definition) is 6. The Morgan fingerprint density at radius 1 is 1.14 bits per heavy atom. The van der Waals surface area contributed by atoms with E-state index in [-0.39, 0.29) is 23.4 Å². The summed E-state index contributed by atoms with van der Waals surface area (Å²) >= 11 is 0. The summed E-state index contributed by atoms with van der Waals surface area (Å²) in [5.74, 6) is 0.0987. The van der Waals surface area contributed by atoms with E-state index in [0.717, 1.165) is 18.5 Å². The highest BCUT2D eigenvalue weighted by atomic mass is 19.1. The maximum absolute atomic E-state index is 14.4. The van der Waals surface area contributed by atoms with Crippen LogP contribution in [0, 0.1) is 5.82 Å². The average molecular weight is 469 g/mol. The predicted octanol–water partition coefficient (Wildman–Crippen LogP) is 3.91. The van der Waals surface area contributed by atoms with Crippen molar-refractivity contribution in [2.45, 2.75) is 31.2 Å². The molecule has 1 aliphatic heterocycles. The molecular weight excluding hydrogens is 449 g/mol. The Bertz CT molecular complexity index is 1570. The molecule has 5 aromatic heterocycles. The van der Waals surface area contributed by atoms with E-state index in [0.29, 0.717) is 47.1 Å². The SMILES string of the molecule is O=C(c1oc(-c2ccccn2)nc1C1CC1)N1CCc2[nH]cnc2C1c1cc2c(F)cccn2n1. The van der Waals surface area contributed by atoms with Crippen molar-refractivity contribution in [2.75, 3.05) is 6.54 Å². The lowest BCUT2D eigenvalue weighted by molar-refractivity contribution is 0.0653. The largest absolute Gasteiger partial charge is 0.429 e. The van der Waals surface area contributed by atoms with E-state index in [9.17, 15) is 9.18 Å². The Morgan fingerprint density at radius 3 is 2.86 bits per heavy atom. The van der Waals surface area contributed by atoms with E-state index in [4.69, 9.17) is 4.42 Å². The zero-order valence-electron chi connectivity index (χ0n) is 18.6. The normalized spacial score (nSPS) is 17.6. The van der Waals surface area contributed by atoms with Crippen molar-refractivity contribution in [1.82, 2.24) is 34.4 Å². The molecule has 0 saturated heterocycles. The Kier molecular flexibility index (Phi) is 4.35. The van der Waals surface area contributed by atoms with Crippen molar-refractivity contribution in [3.05, 3.63) is 89.5 Å². The van der Waals surface area contributed by atoms with Gasteiger partial charge in [-0.3, -0.25) is 9.78 Å². The molecule has 174 valence electrons. The third kappa shape index (κ3) is 3.24. The van der Waals surface area contributed by atoms with Crippen molar-refractivity contribution < 1.29 is 13.6 Å². The number of oxazole rings is 1. The molecule has 1 N–H and O–H groups in total. The number of pyridine rings is 2. The predicted molar refractivity (Wildman–Crippen MR) is 122 cm³/mol. The van der Waals surface area contributed by atoms with Gasteiger partial charge in [-0.25, -0.2) is 18.9 Å². The quantitative estimate of drug-likeness (QED) is 0.428. The van der Waals surface area contributed by atoms with Gasteiger partial charge in [0.05, 0.1) is 23.4 Å². The van der Waals surface area contributed by atoms with Crippen LogP contribution in [-0.4, -0.2) is 46.9 Å². The van der Waals surface area contributed by atoms with Gasteiger partial charge in [0.15, 0.2) is 0 Å². The molecule has 7 rings (SSSR count). The van der Waals surface area contributed by atoms with E-state index < -0.39 is 6.04 Å². The molecule has 1 fully saturated rings. The van der Waals surface area contributed by atoms with Gasteiger partial charge in [0.1, 0.15) is 23.1 Å². The maximum Gasteiger partial charge on any atom is 0.292 e. The lowest BCUT2D eigenvalue weighted by atomic mass is 9.99. The lowest BCUT2D eigenvalue weighted by Crippen LogP contribution is -2.41. The highest BCUT2D eigenvalue weighted by Crippen LogP contribution is 2.43. The molecule has 1 saturated carbocycles. The van der Waals surface area contributed by atoms with E-state index >= 15 is 0 Å². The number of fused-ring (bicyclic) bond motifs is 2. The number of carbonyl (C=O) groups is 1. The summed E-state index contributed by atoms with van der Waals surface area (Å²) in [6.45, 7) is 0.429. The molecular formula is C25H20FN7O2. The molecule has 2 aliphatic rings. The molecule has 6 heterocycles. The topological polar surface area (TPSA) is 105 Å². The summed E-state index contributed by atoms with van der Waals surface area (Å²) in [4.78, 5) is 32.4. The van der Waals surface area contributed by atoms with Gasteiger partial charge in [-0.05, 0) is 43.2 Å². The number of imidazole rings is 1. The summed E-state index contributed by atoms with van der Waals surface area (Å²) in [6.07, 6.45) is 7.51. The van der Waals surface area contributed by atoms with Crippen LogP contribution in [0.3, 0.4) is 0 Å². The molecule has 1 atom stereocenters. The maximum atomic E-state index is 14.4. The van der Waals surface area contributed by atoms with Crippen LogP contribution in [0.5, 0.6) is 0 Å². The monoisotopic (exact) mass is 469 g/mol. The summed E-state index contributed by atoms with van der Waals surface area (Å²) in [5.41, 5.74) is 3.76. The lowest BCUT2D eigenvalue weighted by Gasteiger charge is -2.33. The van der Waals surface area contributed by atoms with Gasteiger partial charge < -0.3 is 14.3 Å². The molecule has 9 nitrogen and oxygen atoms in total.